The molecule has 0 amide bonds. The lowest BCUT2D eigenvalue weighted by Gasteiger charge is -2.37. The second kappa shape index (κ2) is 9.22. The first-order valence-corrected chi connectivity index (χ1v) is 8.20. The third-order valence-electron chi connectivity index (χ3n) is 4.05. The molecule has 0 aromatic heterocycles. The molecule has 0 aromatic rings. The summed E-state index contributed by atoms with van der Waals surface area (Å²) in [6, 6.07) is 0. The summed E-state index contributed by atoms with van der Waals surface area (Å²) in [5, 5.41) is 3.52. The monoisotopic (exact) mass is 282 g/mol. The van der Waals surface area contributed by atoms with Gasteiger partial charge in [-0.25, -0.2) is 0 Å². The van der Waals surface area contributed by atoms with E-state index in [2.05, 4.69) is 47.9 Å². The van der Waals surface area contributed by atoms with Gasteiger partial charge in [-0.1, -0.05) is 27.2 Å². The number of nitrogens with zero attached hydrogens (tertiary/aromatic N) is 3. The van der Waals surface area contributed by atoms with Crippen LogP contribution >= 0.6 is 0 Å². The number of nitrogens with one attached hydrogen (secondary N) is 1. The molecule has 4 heteroatoms. The molecule has 118 valence electrons. The topological polar surface area (TPSA) is 30.9 Å². The molecule has 0 saturated carbocycles. The van der Waals surface area contributed by atoms with Gasteiger partial charge in [0.05, 0.1) is 0 Å². The zero-order valence-electron chi connectivity index (χ0n) is 14.2. The smallest absolute Gasteiger partial charge is 0.193 e. The van der Waals surface area contributed by atoms with Crippen LogP contribution in [-0.2, 0) is 0 Å². The van der Waals surface area contributed by atoms with E-state index in [0.717, 1.165) is 44.0 Å². The lowest BCUT2D eigenvalue weighted by Crippen LogP contribution is -2.49. The fourth-order valence-corrected chi connectivity index (χ4v) is 3.07. The zero-order valence-corrected chi connectivity index (χ0v) is 14.2. The Morgan fingerprint density at radius 2 is 1.90 bits per heavy atom. The largest absolute Gasteiger partial charge is 0.355 e. The van der Waals surface area contributed by atoms with E-state index in [-0.39, 0.29) is 0 Å². The first kappa shape index (κ1) is 17.3. The Kier molecular flexibility index (Phi) is 7.97. The number of hydrogen-bond acceptors (Lipinski definition) is 2. The molecule has 1 heterocycles. The molecular formula is C16H34N4. The van der Waals surface area contributed by atoms with Crippen molar-refractivity contribution in [2.24, 2.45) is 16.8 Å². The van der Waals surface area contributed by atoms with Crippen LogP contribution in [0.4, 0.5) is 0 Å². The van der Waals surface area contributed by atoms with E-state index in [1.54, 1.807) is 0 Å². The maximum atomic E-state index is 4.45. The van der Waals surface area contributed by atoms with Crippen molar-refractivity contribution in [1.29, 1.82) is 0 Å². The molecule has 0 spiro atoms. The first-order chi connectivity index (χ1) is 9.56. The quantitative estimate of drug-likeness (QED) is 0.599. The molecule has 1 fully saturated rings. The van der Waals surface area contributed by atoms with Crippen LogP contribution in [0.5, 0.6) is 0 Å². The van der Waals surface area contributed by atoms with Crippen LogP contribution in [0.25, 0.3) is 0 Å². The van der Waals surface area contributed by atoms with Gasteiger partial charge in [0.25, 0.3) is 0 Å². The van der Waals surface area contributed by atoms with Gasteiger partial charge < -0.3 is 15.1 Å². The van der Waals surface area contributed by atoms with Crippen LogP contribution < -0.4 is 5.32 Å². The van der Waals surface area contributed by atoms with Crippen LogP contribution in [0.3, 0.4) is 0 Å². The Hall–Kier alpha value is -0.770. The van der Waals surface area contributed by atoms with Crippen LogP contribution in [0.1, 0.15) is 40.0 Å². The summed E-state index contributed by atoms with van der Waals surface area (Å²) in [4.78, 5) is 9.27. The van der Waals surface area contributed by atoms with E-state index < -0.39 is 0 Å². The number of guanidine groups is 1. The van der Waals surface area contributed by atoms with Crippen molar-refractivity contribution in [3.05, 3.63) is 0 Å². The molecule has 1 rings (SSSR count). The Morgan fingerprint density at radius 3 is 2.45 bits per heavy atom. The van der Waals surface area contributed by atoms with E-state index in [0.29, 0.717) is 0 Å². The Labute approximate surface area is 125 Å². The van der Waals surface area contributed by atoms with Crippen molar-refractivity contribution in [2.75, 3.05) is 46.8 Å². The zero-order chi connectivity index (χ0) is 15.0. The van der Waals surface area contributed by atoms with E-state index in [1.807, 2.05) is 7.05 Å². The van der Waals surface area contributed by atoms with Gasteiger partial charge in [-0.15, -0.1) is 0 Å². The van der Waals surface area contributed by atoms with E-state index in [4.69, 9.17) is 0 Å². The summed E-state index contributed by atoms with van der Waals surface area (Å²) in [6.07, 6.45) is 3.89. The first-order valence-electron chi connectivity index (χ1n) is 8.20. The number of unbranched alkanes of at least 4 members (excludes halogenated alkanes) is 1. The average molecular weight is 282 g/mol. The lowest BCUT2D eigenvalue weighted by molar-refractivity contribution is 0.208. The standard InChI is InChI=1S/C16H34N4/c1-6-7-9-19(5)10-8-18-16(17-4)20-12-14(2)11-15(3)13-20/h14-15H,6-13H2,1-5H3,(H,17,18). The van der Waals surface area contributed by atoms with E-state index >= 15 is 0 Å². The SMILES string of the molecule is CCCCN(C)CCNC(=NC)N1CC(C)CC(C)C1. The third-order valence-corrected chi connectivity index (χ3v) is 4.05. The number of hydrogen-bond donors (Lipinski definition) is 1. The van der Waals surface area contributed by atoms with Crippen LogP contribution in [0.2, 0.25) is 0 Å². The minimum absolute atomic E-state index is 0.768. The third kappa shape index (κ3) is 6.12. The summed E-state index contributed by atoms with van der Waals surface area (Å²) < 4.78 is 0. The second-order valence-electron chi connectivity index (χ2n) is 6.48. The molecule has 0 aliphatic carbocycles. The number of aliphatic imine (C=N–C) groups is 1. The van der Waals surface area contributed by atoms with Crippen LogP contribution in [-0.4, -0.2) is 62.6 Å². The molecule has 4 nitrogen and oxygen atoms in total. The molecule has 1 aliphatic rings. The summed E-state index contributed by atoms with van der Waals surface area (Å²) in [5.74, 6) is 2.61. The molecule has 0 radical (unpaired) electrons. The predicted molar refractivity (Wildman–Crippen MR) is 88.3 cm³/mol. The van der Waals surface area contributed by atoms with Gasteiger partial charge in [-0.05, 0) is 38.3 Å². The van der Waals surface area contributed by atoms with Crippen molar-refractivity contribution in [3.8, 4) is 0 Å². The van der Waals surface area contributed by atoms with Crippen molar-refractivity contribution in [2.45, 2.75) is 40.0 Å². The Morgan fingerprint density at radius 1 is 1.25 bits per heavy atom. The van der Waals surface area contributed by atoms with Crippen LogP contribution in [0, 0.1) is 11.8 Å². The number of likely N-dealkylation sites (N-methyl/N-ethyl adjacent to an activating group) is 1. The fourth-order valence-electron chi connectivity index (χ4n) is 3.07. The Bertz CT molecular complexity index is 280. The van der Waals surface area contributed by atoms with Gasteiger partial charge in [0.1, 0.15) is 0 Å². The molecule has 20 heavy (non-hydrogen) atoms. The van der Waals surface area contributed by atoms with Gasteiger partial charge >= 0.3 is 0 Å². The van der Waals surface area contributed by atoms with Crippen molar-refractivity contribution < 1.29 is 0 Å². The molecule has 2 unspecified atom stereocenters. The second-order valence-corrected chi connectivity index (χ2v) is 6.48. The lowest BCUT2D eigenvalue weighted by atomic mass is 9.92. The molecule has 1 N–H and O–H groups in total. The normalized spacial score (nSPS) is 24.3. The molecular weight excluding hydrogens is 248 g/mol. The predicted octanol–water partition coefficient (Wildman–Crippen LogP) is 2.27. The van der Waals surface area contributed by atoms with Crippen molar-refractivity contribution >= 4 is 5.96 Å². The maximum Gasteiger partial charge on any atom is 0.193 e. The summed E-state index contributed by atoms with van der Waals surface area (Å²) in [6.45, 7) is 12.4. The van der Waals surface area contributed by atoms with Gasteiger partial charge in [0, 0.05) is 33.2 Å². The van der Waals surface area contributed by atoms with Gasteiger partial charge in [0.2, 0.25) is 0 Å². The minimum atomic E-state index is 0.768. The van der Waals surface area contributed by atoms with E-state index in [9.17, 15) is 0 Å². The molecule has 0 aromatic carbocycles. The average Bonchev–Trinajstić information content (AvgIpc) is 2.40. The highest BCUT2D eigenvalue weighted by molar-refractivity contribution is 5.80. The Balaban J connectivity index is 2.32. The highest BCUT2D eigenvalue weighted by Gasteiger charge is 2.23. The fraction of sp³-hybridized carbons (Fsp3) is 0.938. The number of piperidine rings is 1. The highest BCUT2D eigenvalue weighted by Crippen LogP contribution is 2.20. The van der Waals surface area contributed by atoms with Crippen molar-refractivity contribution in [1.82, 2.24) is 15.1 Å². The summed E-state index contributed by atoms with van der Waals surface area (Å²) in [5.41, 5.74) is 0. The maximum absolute atomic E-state index is 4.45. The molecule has 2 atom stereocenters. The summed E-state index contributed by atoms with van der Waals surface area (Å²) in [7, 11) is 4.10. The van der Waals surface area contributed by atoms with Gasteiger partial charge in [-0.2, -0.15) is 0 Å². The molecule has 1 saturated heterocycles. The molecule has 1 aliphatic heterocycles. The van der Waals surface area contributed by atoms with E-state index in [1.165, 1.54) is 25.8 Å². The molecule has 0 bridgehead atoms. The number of likely N-dealkylation sites (tertiary alicyclic amines) is 1. The van der Waals surface area contributed by atoms with Crippen LogP contribution in [0.15, 0.2) is 4.99 Å². The van der Waals surface area contributed by atoms with Gasteiger partial charge in [-0.3, -0.25) is 4.99 Å². The van der Waals surface area contributed by atoms with Crippen molar-refractivity contribution in [3.63, 3.8) is 0 Å². The number of rotatable bonds is 6. The van der Waals surface area contributed by atoms with Gasteiger partial charge in [0.15, 0.2) is 5.96 Å². The minimum Gasteiger partial charge on any atom is -0.355 e. The highest BCUT2D eigenvalue weighted by atomic mass is 15.3. The summed E-state index contributed by atoms with van der Waals surface area (Å²) >= 11 is 0.